The zero-order valence-electron chi connectivity index (χ0n) is 10.2. The van der Waals surface area contributed by atoms with Gasteiger partial charge >= 0.3 is 0 Å². The topological polar surface area (TPSA) is 73.6 Å². The number of carbonyl (C=O) groups excluding carboxylic acids is 1. The number of ether oxygens (including phenoxy) is 2. The molecule has 17 heavy (non-hydrogen) atoms. The van der Waals surface area contributed by atoms with Gasteiger partial charge in [-0.3, -0.25) is 4.79 Å². The van der Waals surface area contributed by atoms with E-state index in [9.17, 15) is 4.79 Å². The summed E-state index contributed by atoms with van der Waals surface area (Å²) >= 11 is 0. The van der Waals surface area contributed by atoms with Crippen molar-refractivity contribution in [2.45, 2.75) is 13.5 Å². The molecule has 94 valence electrons. The van der Waals surface area contributed by atoms with E-state index in [1.54, 1.807) is 19.2 Å². The lowest BCUT2D eigenvalue weighted by molar-refractivity contribution is -0.119. The van der Waals surface area contributed by atoms with Crippen LogP contribution in [0, 0.1) is 0 Å². The van der Waals surface area contributed by atoms with Crippen LogP contribution in [0.2, 0.25) is 0 Å². The summed E-state index contributed by atoms with van der Waals surface area (Å²) in [6, 6.07) is 5.43. The largest absolute Gasteiger partial charge is 0.497 e. The molecule has 0 aromatic heterocycles. The second-order valence-electron chi connectivity index (χ2n) is 3.51. The number of benzene rings is 1. The molecule has 3 N–H and O–H groups in total. The van der Waals surface area contributed by atoms with Crippen LogP contribution >= 0.6 is 0 Å². The van der Waals surface area contributed by atoms with Gasteiger partial charge < -0.3 is 20.5 Å². The lowest BCUT2D eigenvalue weighted by Crippen LogP contribution is -2.21. The van der Waals surface area contributed by atoms with E-state index in [4.69, 9.17) is 15.2 Å². The maximum absolute atomic E-state index is 10.7. The fourth-order valence-electron chi connectivity index (χ4n) is 1.37. The molecule has 0 bridgehead atoms. The zero-order chi connectivity index (χ0) is 12.7. The Hall–Kier alpha value is -1.75. The fraction of sp³-hybridized carbons (Fsp3) is 0.417. The molecule has 0 heterocycles. The third-order valence-electron chi connectivity index (χ3n) is 2.20. The van der Waals surface area contributed by atoms with Crippen LogP contribution in [0.4, 0.5) is 0 Å². The zero-order valence-corrected chi connectivity index (χ0v) is 10.2. The van der Waals surface area contributed by atoms with Gasteiger partial charge in [0.15, 0.2) is 6.61 Å². The molecule has 0 radical (unpaired) electrons. The molecular formula is C12H18N2O3. The molecule has 1 amide bonds. The van der Waals surface area contributed by atoms with Gasteiger partial charge in [-0.15, -0.1) is 0 Å². The number of rotatable bonds is 7. The van der Waals surface area contributed by atoms with Crippen LogP contribution in [0.5, 0.6) is 11.5 Å². The Morgan fingerprint density at radius 3 is 2.82 bits per heavy atom. The quantitative estimate of drug-likeness (QED) is 0.732. The van der Waals surface area contributed by atoms with Gasteiger partial charge in [0, 0.05) is 12.1 Å². The monoisotopic (exact) mass is 238 g/mol. The Morgan fingerprint density at radius 2 is 2.24 bits per heavy atom. The van der Waals surface area contributed by atoms with Gasteiger partial charge in [0.05, 0.1) is 7.11 Å². The predicted octanol–water partition coefficient (Wildman–Crippen LogP) is 0.669. The number of methoxy groups -OCH3 is 1. The summed E-state index contributed by atoms with van der Waals surface area (Å²) < 4.78 is 10.5. The summed E-state index contributed by atoms with van der Waals surface area (Å²) in [6.07, 6.45) is 0. The third kappa shape index (κ3) is 4.32. The minimum atomic E-state index is -0.491. The number of amides is 1. The Kier molecular flexibility index (Phi) is 5.29. The highest BCUT2D eigenvalue weighted by Gasteiger charge is 2.06. The van der Waals surface area contributed by atoms with Crippen LogP contribution in [0.25, 0.3) is 0 Å². The van der Waals surface area contributed by atoms with Gasteiger partial charge in [0.2, 0.25) is 0 Å². The number of carbonyl (C=O) groups is 1. The van der Waals surface area contributed by atoms with E-state index in [1.165, 1.54) is 0 Å². The first-order chi connectivity index (χ1) is 8.17. The average Bonchev–Trinajstić information content (AvgIpc) is 2.34. The van der Waals surface area contributed by atoms with Gasteiger partial charge in [-0.25, -0.2) is 0 Å². The minimum absolute atomic E-state index is 0.120. The van der Waals surface area contributed by atoms with E-state index in [2.05, 4.69) is 5.32 Å². The molecule has 0 saturated heterocycles. The highest BCUT2D eigenvalue weighted by Crippen LogP contribution is 2.24. The van der Waals surface area contributed by atoms with Gasteiger partial charge in [0.1, 0.15) is 11.5 Å². The molecule has 0 spiro atoms. The van der Waals surface area contributed by atoms with E-state index in [0.717, 1.165) is 17.9 Å². The van der Waals surface area contributed by atoms with Crippen LogP contribution < -0.4 is 20.5 Å². The predicted molar refractivity (Wildman–Crippen MR) is 65.1 cm³/mol. The molecular weight excluding hydrogens is 220 g/mol. The second-order valence-corrected chi connectivity index (χ2v) is 3.51. The summed E-state index contributed by atoms with van der Waals surface area (Å²) in [7, 11) is 1.61. The van der Waals surface area contributed by atoms with Crippen LogP contribution in [-0.4, -0.2) is 26.2 Å². The first-order valence-electron chi connectivity index (χ1n) is 5.46. The molecule has 1 aromatic rings. The molecule has 0 aliphatic rings. The maximum Gasteiger partial charge on any atom is 0.255 e. The van der Waals surface area contributed by atoms with Crippen molar-refractivity contribution >= 4 is 5.91 Å². The number of nitrogens with two attached hydrogens (primary N) is 1. The van der Waals surface area contributed by atoms with Crippen LogP contribution in [0.3, 0.4) is 0 Å². The van der Waals surface area contributed by atoms with Crippen molar-refractivity contribution < 1.29 is 14.3 Å². The molecule has 0 unspecified atom stereocenters. The third-order valence-corrected chi connectivity index (χ3v) is 2.20. The molecule has 0 fully saturated rings. The number of nitrogens with one attached hydrogen (secondary N) is 1. The van der Waals surface area contributed by atoms with Gasteiger partial charge in [-0.1, -0.05) is 6.92 Å². The molecule has 5 heteroatoms. The second kappa shape index (κ2) is 6.75. The van der Waals surface area contributed by atoms with Crippen molar-refractivity contribution in [2.24, 2.45) is 5.73 Å². The fourth-order valence-corrected chi connectivity index (χ4v) is 1.37. The summed E-state index contributed by atoms with van der Waals surface area (Å²) in [5.41, 5.74) is 5.98. The molecule has 0 aliphatic heterocycles. The first kappa shape index (κ1) is 13.3. The van der Waals surface area contributed by atoms with Crippen LogP contribution in [0.1, 0.15) is 12.5 Å². The SMILES string of the molecule is CCNCc1cc(OC)ccc1OCC(N)=O. The van der Waals surface area contributed by atoms with Gasteiger partial charge in [-0.05, 0) is 24.7 Å². The smallest absolute Gasteiger partial charge is 0.255 e. The van der Waals surface area contributed by atoms with Gasteiger partial charge in [0.25, 0.3) is 5.91 Å². The van der Waals surface area contributed by atoms with E-state index >= 15 is 0 Å². The summed E-state index contributed by atoms with van der Waals surface area (Å²) in [5, 5.41) is 3.19. The molecule has 0 saturated carbocycles. The minimum Gasteiger partial charge on any atom is -0.497 e. The van der Waals surface area contributed by atoms with Gasteiger partial charge in [-0.2, -0.15) is 0 Å². The van der Waals surface area contributed by atoms with Crippen molar-refractivity contribution in [1.29, 1.82) is 0 Å². The highest BCUT2D eigenvalue weighted by atomic mass is 16.5. The Labute approximate surface area is 101 Å². The molecule has 0 atom stereocenters. The average molecular weight is 238 g/mol. The van der Waals surface area contributed by atoms with Crippen LogP contribution in [0.15, 0.2) is 18.2 Å². The lowest BCUT2D eigenvalue weighted by Gasteiger charge is -2.12. The van der Waals surface area contributed by atoms with E-state index in [-0.39, 0.29) is 6.61 Å². The van der Waals surface area contributed by atoms with Crippen molar-refractivity contribution in [2.75, 3.05) is 20.3 Å². The van der Waals surface area contributed by atoms with E-state index < -0.39 is 5.91 Å². The van der Waals surface area contributed by atoms with Crippen molar-refractivity contribution in [3.63, 3.8) is 0 Å². The van der Waals surface area contributed by atoms with E-state index in [1.807, 2.05) is 13.0 Å². The number of hydrogen-bond acceptors (Lipinski definition) is 4. The van der Waals surface area contributed by atoms with Crippen molar-refractivity contribution in [1.82, 2.24) is 5.32 Å². The molecule has 0 aliphatic carbocycles. The lowest BCUT2D eigenvalue weighted by atomic mass is 10.2. The standard InChI is InChI=1S/C12H18N2O3/c1-3-14-7-9-6-10(16-2)4-5-11(9)17-8-12(13)15/h4-6,14H,3,7-8H2,1-2H3,(H2,13,15). The molecule has 1 aromatic carbocycles. The molecule has 1 rings (SSSR count). The van der Waals surface area contributed by atoms with Crippen LogP contribution in [-0.2, 0) is 11.3 Å². The Bertz CT molecular complexity index is 380. The number of primary amides is 1. The Morgan fingerprint density at radius 1 is 1.47 bits per heavy atom. The maximum atomic E-state index is 10.7. The highest BCUT2D eigenvalue weighted by molar-refractivity contribution is 5.75. The van der Waals surface area contributed by atoms with Crippen molar-refractivity contribution in [3.05, 3.63) is 23.8 Å². The normalized spacial score (nSPS) is 10.0. The van der Waals surface area contributed by atoms with Crippen molar-refractivity contribution in [3.8, 4) is 11.5 Å². The number of hydrogen-bond donors (Lipinski definition) is 2. The summed E-state index contributed by atoms with van der Waals surface area (Å²) in [5.74, 6) is 0.907. The summed E-state index contributed by atoms with van der Waals surface area (Å²) in [4.78, 5) is 10.7. The molecule has 5 nitrogen and oxygen atoms in total. The Balaban J connectivity index is 2.81. The van der Waals surface area contributed by atoms with E-state index in [0.29, 0.717) is 12.3 Å². The first-order valence-corrected chi connectivity index (χ1v) is 5.46. The summed E-state index contributed by atoms with van der Waals surface area (Å²) in [6.45, 7) is 3.41.